The number of hydrogen-bond donors (Lipinski definition) is 0. The molecule has 1 radical (unpaired) electrons. The quantitative estimate of drug-likeness (QED) is 0.318. The molecule has 0 aromatic rings. The molecule has 0 aliphatic carbocycles. The summed E-state index contributed by atoms with van der Waals surface area (Å²) in [6, 6.07) is 0. The standard InChI is InChI=1S/Cd.Cu.OS.6S.Tb.Y.Zn/c;;1-2;;;;;;;;;/q2*+2;;6*-2;2*+3;+2. The second-order valence-corrected chi connectivity index (χ2v) is 0. The molecule has 0 fully saturated rings. The van der Waals surface area contributed by atoms with Gasteiger partial charge in [0.15, 0.2) is 12.5 Å². The van der Waals surface area contributed by atoms with Gasteiger partial charge in [-0.3, -0.25) is 0 Å². The van der Waals surface area contributed by atoms with Crippen molar-refractivity contribution in [2.45, 2.75) is 0 Å². The third-order valence-corrected chi connectivity index (χ3v) is 0. The van der Waals surface area contributed by atoms with Crippen LogP contribution in [0.15, 0.2) is 0 Å². The van der Waals surface area contributed by atoms with Gasteiger partial charge >= 0.3 is 135 Å². The molecule has 0 amide bonds. The SMILES string of the molecule is O=S.[Cd+2].[Cu+2].[S-2].[S-2].[S-2].[S-2].[S-2].[S-2].[Tb+3].[Y+3].[Zn+2]. The van der Waals surface area contributed by atoms with Crippen molar-refractivity contribution in [1.29, 1.82) is 0 Å². The van der Waals surface area contributed by atoms with E-state index in [9.17, 15) is 0 Å². The number of rotatable bonds is 0. The van der Waals surface area contributed by atoms with Crippen molar-refractivity contribution in [3.05, 3.63) is 0 Å². The van der Waals surface area contributed by atoms with E-state index in [1.54, 1.807) is 0 Å². The van der Waals surface area contributed by atoms with Crippen molar-refractivity contribution in [2.75, 3.05) is 0 Å². The van der Waals surface area contributed by atoms with E-state index in [0.29, 0.717) is 0 Å². The first kappa shape index (κ1) is 118. The second-order valence-electron chi connectivity index (χ2n) is 0. The third kappa shape index (κ3) is 118. The monoisotopic (exact) mass is 728 g/mol. The van der Waals surface area contributed by atoms with Crippen LogP contribution in [0.5, 0.6) is 0 Å². The fourth-order valence-electron chi connectivity index (χ4n) is 0. The molecule has 0 heterocycles. The minimum atomic E-state index is 0. The maximum Gasteiger partial charge on any atom is 3.00 e. The maximum absolute atomic E-state index is 7.83. The van der Waals surface area contributed by atoms with Crippen molar-refractivity contribution in [1.82, 2.24) is 0 Å². The molecule has 0 saturated heterocycles. The molecule has 0 N–H and O–H groups in total. The fourth-order valence-corrected chi connectivity index (χ4v) is 0. The van der Waals surface area contributed by atoms with Crippen LogP contribution in [0.1, 0.15) is 0 Å². The van der Waals surface area contributed by atoms with Gasteiger partial charge in [-0.25, -0.2) is 0 Å². The largest absolute Gasteiger partial charge is 3.00 e. The van der Waals surface area contributed by atoms with Gasteiger partial charge in [-0.1, -0.05) is 0 Å². The first-order chi connectivity index (χ1) is 1.00. The molecule has 0 unspecified atom stereocenters. The summed E-state index contributed by atoms with van der Waals surface area (Å²) in [4.78, 5) is 0. The van der Waals surface area contributed by atoms with Gasteiger partial charge in [0.1, 0.15) is 0 Å². The van der Waals surface area contributed by atoms with E-state index in [0.717, 1.165) is 0 Å². The van der Waals surface area contributed by atoms with E-state index in [-0.39, 0.29) is 216 Å². The summed E-state index contributed by atoms with van der Waals surface area (Å²) in [7, 11) is 0. The summed E-state index contributed by atoms with van der Waals surface area (Å²) in [5.74, 6) is 0. The van der Waals surface area contributed by atoms with Gasteiger partial charge < -0.3 is 81.0 Å². The predicted molar refractivity (Wildman–Crippen MR) is 52.3 cm³/mol. The Kier molecular flexibility index (Phi) is 1200. The van der Waals surface area contributed by atoms with Crippen LogP contribution in [0.2, 0.25) is 0 Å². The van der Waals surface area contributed by atoms with E-state index in [1.807, 2.05) is 0 Å². The maximum atomic E-state index is 7.83. The molecule has 0 bridgehead atoms. The van der Waals surface area contributed by atoms with E-state index >= 15 is 0 Å². The summed E-state index contributed by atoms with van der Waals surface area (Å²) in [6.45, 7) is 0. The van der Waals surface area contributed by atoms with E-state index in [2.05, 4.69) is 12.5 Å². The van der Waals surface area contributed by atoms with Crippen molar-refractivity contribution in [3.8, 4) is 0 Å². The van der Waals surface area contributed by atoms with Crippen LogP contribution >= 0.6 is 0 Å². The van der Waals surface area contributed by atoms with Crippen molar-refractivity contribution in [3.63, 3.8) is 0 Å². The Morgan fingerprint density at radius 3 is 0.692 bits per heavy atom. The molecule has 1 nitrogen and oxygen atoms in total. The molecular weight excluding hydrogens is 730 g/mol. The van der Waals surface area contributed by atoms with E-state index < -0.39 is 0 Å². The van der Waals surface area contributed by atoms with Gasteiger partial charge in [0.2, 0.25) is 0 Å². The van der Waals surface area contributed by atoms with E-state index in [4.69, 9.17) is 4.21 Å². The summed E-state index contributed by atoms with van der Waals surface area (Å²) < 4.78 is 7.83. The fraction of sp³-hybridized carbons (Fsp3) is 0. The molecular formula is CdCuOS7TbYZn. The minimum Gasteiger partial charge on any atom is -2.00 e. The van der Waals surface area contributed by atoms with Crippen molar-refractivity contribution >= 4 is 93.5 Å². The Hall–Kier alpha value is 6.57. The van der Waals surface area contributed by atoms with Crippen molar-refractivity contribution in [2.24, 2.45) is 0 Å². The Morgan fingerprint density at radius 2 is 0.692 bits per heavy atom. The molecule has 13 heteroatoms. The minimum absolute atomic E-state index is 0. The van der Waals surface area contributed by atoms with Crippen LogP contribution in [0.3, 0.4) is 0 Å². The van der Waals surface area contributed by atoms with Gasteiger partial charge in [-0.2, -0.15) is 4.21 Å². The predicted octanol–water partition coefficient (Wildman–Crippen LogP) is -0.361. The second kappa shape index (κ2) is 133. The zero-order valence-electron chi connectivity index (χ0n) is 5.89. The number of hydrogen-bond acceptors (Lipinski definition) is 2. The van der Waals surface area contributed by atoms with Crippen LogP contribution < -0.4 is 0 Å². The van der Waals surface area contributed by atoms with Gasteiger partial charge in [-0.05, 0) is 0 Å². The molecule has 0 aromatic heterocycles. The van der Waals surface area contributed by atoms with Crippen LogP contribution in [-0.2, 0) is 190 Å². The van der Waals surface area contributed by atoms with Gasteiger partial charge in [0, 0.05) is 0 Å². The van der Waals surface area contributed by atoms with Crippen LogP contribution in [0.4, 0.5) is 0 Å². The molecule has 0 spiro atoms. The molecule has 0 aliphatic rings. The zero-order chi connectivity index (χ0) is 2.00. The Morgan fingerprint density at radius 1 is 0.692 bits per heavy atom. The summed E-state index contributed by atoms with van der Waals surface area (Å²) >= 11 is 2.83. The molecule has 13 heavy (non-hydrogen) atoms. The van der Waals surface area contributed by atoms with Crippen LogP contribution in [0.25, 0.3) is 0 Å². The first-order valence-electron chi connectivity index (χ1n) is 0.167. The topological polar surface area (TPSA) is 17.1 Å². The zero-order valence-corrected chi connectivity index (χ0v) is 24.5. The Labute approximate surface area is 227 Å². The molecule has 75 valence electrons. The molecule has 0 saturated carbocycles. The average molecular weight is 730 g/mol. The molecule has 0 aliphatic heterocycles. The molecule has 0 atom stereocenters. The summed E-state index contributed by atoms with van der Waals surface area (Å²) in [5, 5.41) is 0. The van der Waals surface area contributed by atoms with E-state index in [1.165, 1.54) is 0 Å². The van der Waals surface area contributed by atoms with Crippen LogP contribution in [0, 0.1) is 38.6 Å². The molecule has 0 rings (SSSR count). The Balaban J connectivity index is -0.0000000000909. The van der Waals surface area contributed by atoms with Gasteiger partial charge in [0.25, 0.3) is 0 Å². The Bertz CT molecular complexity index is 28.5. The third-order valence-electron chi connectivity index (χ3n) is 0. The summed E-state index contributed by atoms with van der Waals surface area (Å²) in [5.41, 5.74) is 0. The normalized spacial score (nSPS) is 0.308. The average Bonchev–Trinajstić information content (AvgIpc) is 1.00. The van der Waals surface area contributed by atoms with Gasteiger partial charge in [0.05, 0.1) is 0 Å². The molecule has 0 aromatic carbocycles. The van der Waals surface area contributed by atoms with Crippen molar-refractivity contribution < 1.29 is 139 Å². The summed E-state index contributed by atoms with van der Waals surface area (Å²) in [6.07, 6.45) is 0. The smallest absolute Gasteiger partial charge is 2.00 e. The van der Waals surface area contributed by atoms with Gasteiger partial charge in [-0.15, -0.1) is 0 Å². The van der Waals surface area contributed by atoms with Crippen LogP contribution in [-0.4, -0.2) is 4.21 Å². The first-order valence-corrected chi connectivity index (χ1v) is 0.500.